The lowest BCUT2D eigenvalue weighted by Gasteiger charge is -2.20. The molecule has 1 nitrogen and oxygen atoms in total. The Balaban J connectivity index is 0. The fourth-order valence-corrected chi connectivity index (χ4v) is 6.60. The lowest BCUT2D eigenvalue weighted by Crippen LogP contribution is -2.25. The van der Waals surface area contributed by atoms with Crippen molar-refractivity contribution in [1.29, 1.82) is 0 Å². The van der Waals surface area contributed by atoms with Crippen LogP contribution in [0.1, 0.15) is 239 Å². The van der Waals surface area contributed by atoms with Crippen molar-refractivity contribution < 1.29 is 0 Å². The van der Waals surface area contributed by atoms with Crippen LogP contribution < -0.4 is 0 Å². The second-order valence-corrected chi connectivity index (χ2v) is 14.1. The van der Waals surface area contributed by atoms with Gasteiger partial charge in [0, 0.05) is 0 Å². The second kappa shape index (κ2) is 43.0. The van der Waals surface area contributed by atoms with Crippen LogP contribution in [0.25, 0.3) is 0 Å². The molecule has 266 valence electrons. The quantitative estimate of drug-likeness (QED) is 0.0480. The van der Waals surface area contributed by atoms with Crippen molar-refractivity contribution >= 4 is 12.4 Å². The van der Waals surface area contributed by atoms with Crippen LogP contribution in [0.3, 0.4) is 0 Å². The first-order chi connectivity index (χ1) is 21.3. The topological polar surface area (TPSA) is 3.24 Å². The van der Waals surface area contributed by atoms with Crippen LogP contribution in [0.5, 0.6) is 0 Å². The molecule has 0 aliphatic heterocycles. The van der Waals surface area contributed by atoms with E-state index in [0.29, 0.717) is 0 Å². The van der Waals surface area contributed by atoms with E-state index in [0.717, 1.165) is 0 Å². The molecule has 0 rings (SSSR count). The number of rotatable bonds is 38. The van der Waals surface area contributed by atoms with Crippen LogP contribution in [-0.4, -0.2) is 24.5 Å². The summed E-state index contributed by atoms with van der Waals surface area (Å²) in [5, 5.41) is 0. The molecule has 0 aromatic heterocycles. The van der Waals surface area contributed by atoms with Crippen molar-refractivity contribution in [3.05, 3.63) is 12.2 Å². The number of unbranched alkanes of at least 4 members (excludes halogenated alkanes) is 31. The summed E-state index contributed by atoms with van der Waals surface area (Å²) in [4.78, 5) is 2.71. The third-order valence-corrected chi connectivity index (χ3v) is 9.76. The molecular weight excluding hydrogens is 554 g/mol. The van der Waals surface area contributed by atoms with Crippen LogP contribution in [0.15, 0.2) is 12.2 Å². The lowest BCUT2D eigenvalue weighted by atomic mass is 10.0. The first kappa shape index (κ1) is 46.1. The highest BCUT2D eigenvalue weighted by molar-refractivity contribution is 5.85. The zero-order valence-electron chi connectivity index (χ0n) is 31.2. The van der Waals surface area contributed by atoms with E-state index in [4.69, 9.17) is 0 Å². The summed E-state index contributed by atoms with van der Waals surface area (Å²) in [5.74, 6) is 0. The SMILES string of the molecule is CCCCCCCC/C=C\CCCCCCCCN(CC)CCCCCCCCCCCCCCCCCCCCCC.Cl. The van der Waals surface area contributed by atoms with Crippen molar-refractivity contribution in [2.24, 2.45) is 0 Å². The molecule has 0 bridgehead atoms. The fraction of sp³-hybridized carbons (Fsp3) is 0.952. The molecule has 0 heterocycles. The van der Waals surface area contributed by atoms with Crippen molar-refractivity contribution in [2.45, 2.75) is 239 Å². The van der Waals surface area contributed by atoms with E-state index in [1.807, 2.05) is 0 Å². The van der Waals surface area contributed by atoms with Gasteiger partial charge in [0.1, 0.15) is 0 Å². The Morgan fingerprint density at radius 3 is 0.773 bits per heavy atom. The smallest absolute Gasteiger partial charge is 0.00189 e. The molecule has 0 unspecified atom stereocenters. The molecule has 0 aliphatic carbocycles. The van der Waals surface area contributed by atoms with E-state index in [-0.39, 0.29) is 12.4 Å². The molecule has 44 heavy (non-hydrogen) atoms. The maximum Gasteiger partial charge on any atom is -0.00189 e. The van der Waals surface area contributed by atoms with Gasteiger partial charge in [0.05, 0.1) is 0 Å². The molecule has 0 spiro atoms. The Kier molecular flexibility index (Phi) is 45.1. The predicted octanol–water partition coefficient (Wildman–Crippen LogP) is 15.6. The van der Waals surface area contributed by atoms with Crippen LogP contribution in [0.4, 0.5) is 0 Å². The van der Waals surface area contributed by atoms with Gasteiger partial charge in [0.2, 0.25) is 0 Å². The van der Waals surface area contributed by atoms with Crippen molar-refractivity contribution in [1.82, 2.24) is 4.90 Å². The van der Waals surface area contributed by atoms with E-state index in [2.05, 4.69) is 37.8 Å². The van der Waals surface area contributed by atoms with Gasteiger partial charge >= 0.3 is 0 Å². The summed E-state index contributed by atoms with van der Waals surface area (Å²) in [7, 11) is 0. The molecule has 0 aliphatic rings. The Morgan fingerprint density at radius 1 is 0.295 bits per heavy atom. The summed E-state index contributed by atoms with van der Waals surface area (Å²) in [6.07, 6.45) is 53.9. The maximum absolute atomic E-state index is 2.71. The number of hydrogen-bond acceptors (Lipinski definition) is 1. The maximum atomic E-state index is 2.71. The second-order valence-electron chi connectivity index (χ2n) is 14.1. The van der Waals surface area contributed by atoms with E-state index in [1.165, 1.54) is 238 Å². The summed E-state index contributed by atoms with van der Waals surface area (Å²) in [6, 6.07) is 0. The number of nitrogens with zero attached hydrogens (tertiary/aromatic N) is 1. The van der Waals surface area contributed by atoms with Gasteiger partial charge in [0.15, 0.2) is 0 Å². The monoisotopic (exact) mass is 640 g/mol. The zero-order valence-corrected chi connectivity index (χ0v) is 32.0. The highest BCUT2D eigenvalue weighted by Crippen LogP contribution is 2.15. The molecule has 0 N–H and O–H groups in total. The fourth-order valence-electron chi connectivity index (χ4n) is 6.60. The van der Waals surface area contributed by atoms with E-state index >= 15 is 0 Å². The molecule has 0 atom stereocenters. The van der Waals surface area contributed by atoms with Gasteiger partial charge in [-0.15, -0.1) is 12.4 Å². The minimum atomic E-state index is 0. The lowest BCUT2D eigenvalue weighted by molar-refractivity contribution is 0.273. The molecular formula is C42H86ClN. The van der Waals surface area contributed by atoms with Gasteiger partial charge in [-0.3, -0.25) is 0 Å². The van der Waals surface area contributed by atoms with E-state index in [1.54, 1.807) is 0 Å². The zero-order chi connectivity index (χ0) is 31.2. The van der Waals surface area contributed by atoms with Gasteiger partial charge in [-0.25, -0.2) is 0 Å². The van der Waals surface area contributed by atoms with Crippen molar-refractivity contribution in [3.63, 3.8) is 0 Å². The summed E-state index contributed by atoms with van der Waals surface area (Å²) in [6.45, 7) is 10.9. The first-order valence-electron chi connectivity index (χ1n) is 20.7. The van der Waals surface area contributed by atoms with Crippen LogP contribution in [-0.2, 0) is 0 Å². The summed E-state index contributed by atoms with van der Waals surface area (Å²) < 4.78 is 0. The number of halogens is 1. The first-order valence-corrected chi connectivity index (χ1v) is 20.7. The summed E-state index contributed by atoms with van der Waals surface area (Å²) in [5.41, 5.74) is 0. The highest BCUT2D eigenvalue weighted by Gasteiger charge is 2.02. The molecule has 0 saturated heterocycles. The Labute approximate surface area is 287 Å². The van der Waals surface area contributed by atoms with Crippen molar-refractivity contribution in [2.75, 3.05) is 19.6 Å². The third-order valence-electron chi connectivity index (χ3n) is 9.76. The normalized spacial score (nSPS) is 11.6. The largest absolute Gasteiger partial charge is 0.304 e. The average Bonchev–Trinajstić information content (AvgIpc) is 3.02. The standard InChI is InChI=1S/C42H85N.ClH/c1-4-7-9-11-13-15-17-19-21-23-24-25-26-28-30-32-34-36-38-40-42-43(6-3)41-39-37-35-33-31-29-27-22-20-18-16-14-12-10-8-5-2;/h20,22H,4-19,21,23-42H2,1-3H3;1H/b22-20-;. The highest BCUT2D eigenvalue weighted by atomic mass is 35.5. The minimum Gasteiger partial charge on any atom is -0.304 e. The van der Waals surface area contributed by atoms with Gasteiger partial charge in [-0.05, 0) is 58.2 Å². The van der Waals surface area contributed by atoms with Gasteiger partial charge in [-0.1, -0.05) is 213 Å². The molecule has 0 aromatic carbocycles. The van der Waals surface area contributed by atoms with E-state index in [9.17, 15) is 0 Å². The molecule has 2 heteroatoms. The molecule has 0 aromatic rings. The average molecular weight is 641 g/mol. The van der Waals surface area contributed by atoms with E-state index < -0.39 is 0 Å². The van der Waals surface area contributed by atoms with Gasteiger partial charge in [0.25, 0.3) is 0 Å². The van der Waals surface area contributed by atoms with Crippen molar-refractivity contribution in [3.8, 4) is 0 Å². The van der Waals surface area contributed by atoms with Gasteiger partial charge in [-0.2, -0.15) is 0 Å². The number of allylic oxidation sites excluding steroid dienone is 2. The molecule has 0 radical (unpaired) electrons. The predicted molar refractivity (Wildman–Crippen MR) is 207 cm³/mol. The summed E-state index contributed by atoms with van der Waals surface area (Å²) >= 11 is 0. The molecule has 0 saturated carbocycles. The Hall–Kier alpha value is -0.0100. The third kappa shape index (κ3) is 40.0. The molecule has 0 amide bonds. The molecule has 0 fully saturated rings. The van der Waals surface area contributed by atoms with Crippen LogP contribution in [0.2, 0.25) is 0 Å². The van der Waals surface area contributed by atoms with Crippen LogP contribution >= 0.6 is 12.4 Å². The number of hydrogen-bond donors (Lipinski definition) is 0. The van der Waals surface area contributed by atoms with Crippen LogP contribution in [0, 0.1) is 0 Å². The van der Waals surface area contributed by atoms with Gasteiger partial charge < -0.3 is 4.90 Å². The minimum absolute atomic E-state index is 0. The Morgan fingerprint density at radius 2 is 0.523 bits per heavy atom. The Bertz CT molecular complexity index is 504.